The summed E-state index contributed by atoms with van der Waals surface area (Å²) in [7, 11) is 2.10. The van der Waals surface area contributed by atoms with Crippen LogP contribution in [0.5, 0.6) is 0 Å². The van der Waals surface area contributed by atoms with E-state index in [1.54, 1.807) is 0 Å². The van der Waals surface area contributed by atoms with Crippen molar-refractivity contribution >= 4 is 16.6 Å². The number of aryl methyl sites for hydroxylation is 2. The van der Waals surface area contributed by atoms with Gasteiger partial charge in [-0.05, 0) is 24.6 Å². The fourth-order valence-electron chi connectivity index (χ4n) is 3.12. The molecule has 1 aliphatic heterocycles. The van der Waals surface area contributed by atoms with Crippen molar-refractivity contribution < 1.29 is 4.39 Å². The molecular formula is C16H22FN3. The Balaban J connectivity index is 1.79. The summed E-state index contributed by atoms with van der Waals surface area (Å²) in [5.74, 6) is 0. The molecule has 2 heterocycles. The molecule has 1 aromatic carbocycles. The zero-order chi connectivity index (χ0) is 14.1. The highest BCUT2D eigenvalue weighted by Gasteiger charge is 2.17. The van der Waals surface area contributed by atoms with Crippen LogP contribution in [0.4, 0.5) is 10.1 Å². The predicted molar refractivity (Wildman–Crippen MR) is 82.3 cm³/mol. The minimum absolute atomic E-state index is 0.241. The number of alkyl halides is 1. The third-order valence-electron chi connectivity index (χ3n) is 4.31. The molecule has 1 saturated heterocycles. The molecule has 1 fully saturated rings. The SMILES string of the molecule is Cc1cn(C)c2cc(N3CCN(CCF)CC3)ccc12. The number of benzene rings is 1. The molecule has 0 saturated carbocycles. The van der Waals surface area contributed by atoms with Crippen LogP contribution < -0.4 is 4.90 Å². The number of fused-ring (bicyclic) bond motifs is 1. The van der Waals surface area contributed by atoms with Gasteiger partial charge in [0.15, 0.2) is 0 Å². The van der Waals surface area contributed by atoms with E-state index < -0.39 is 0 Å². The molecule has 0 amide bonds. The van der Waals surface area contributed by atoms with Gasteiger partial charge in [-0.3, -0.25) is 4.90 Å². The summed E-state index contributed by atoms with van der Waals surface area (Å²) in [6.07, 6.45) is 2.17. The minimum atomic E-state index is -0.241. The molecule has 3 nitrogen and oxygen atoms in total. The average molecular weight is 275 g/mol. The fraction of sp³-hybridized carbons (Fsp3) is 0.500. The van der Waals surface area contributed by atoms with Crippen LogP contribution in [-0.2, 0) is 7.05 Å². The minimum Gasteiger partial charge on any atom is -0.369 e. The highest BCUT2D eigenvalue weighted by atomic mass is 19.1. The summed E-state index contributed by atoms with van der Waals surface area (Å²) >= 11 is 0. The second-order valence-electron chi connectivity index (χ2n) is 5.64. The van der Waals surface area contributed by atoms with Gasteiger partial charge in [-0.15, -0.1) is 0 Å². The topological polar surface area (TPSA) is 11.4 Å². The molecular weight excluding hydrogens is 253 g/mol. The third kappa shape index (κ3) is 2.40. The molecule has 0 radical (unpaired) electrons. The van der Waals surface area contributed by atoms with Crippen LogP contribution in [0.25, 0.3) is 10.9 Å². The number of anilines is 1. The summed E-state index contributed by atoms with van der Waals surface area (Å²) in [5, 5.41) is 1.33. The highest BCUT2D eigenvalue weighted by Crippen LogP contribution is 2.26. The van der Waals surface area contributed by atoms with Gasteiger partial charge in [0.25, 0.3) is 0 Å². The van der Waals surface area contributed by atoms with Gasteiger partial charge in [-0.25, -0.2) is 4.39 Å². The first-order valence-electron chi connectivity index (χ1n) is 7.28. The second-order valence-corrected chi connectivity index (χ2v) is 5.64. The second kappa shape index (κ2) is 5.44. The van der Waals surface area contributed by atoms with E-state index in [0.717, 1.165) is 26.2 Å². The van der Waals surface area contributed by atoms with Crippen molar-refractivity contribution in [2.45, 2.75) is 6.92 Å². The molecule has 0 bridgehead atoms. The Morgan fingerprint density at radius 1 is 1.15 bits per heavy atom. The Morgan fingerprint density at radius 2 is 1.90 bits per heavy atom. The summed E-state index contributed by atoms with van der Waals surface area (Å²) in [4.78, 5) is 4.60. The first-order valence-corrected chi connectivity index (χ1v) is 7.28. The molecule has 4 heteroatoms. The van der Waals surface area contributed by atoms with Crippen LogP contribution in [0.3, 0.4) is 0 Å². The number of hydrogen-bond acceptors (Lipinski definition) is 2. The van der Waals surface area contributed by atoms with Crippen molar-refractivity contribution in [1.29, 1.82) is 0 Å². The molecule has 2 aromatic rings. The Bertz CT molecular complexity index is 597. The van der Waals surface area contributed by atoms with Crippen LogP contribution in [0.15, 0.2) is 24.4 Å². The first-order chi connectivity index (χ1) is 9.69. The molecule has 3 rings (SSSR count). The van der Waals surface area contributed by atoms with Gasteiger partial charge < -0.3 is 9.47 Å². The largest absolute Gasteiger partial charge is 0.369 e. The van der Waals surface area contributed by atoms with Crippen LogP contribution >= 0.6 is 0 Å². The summed E-state index contributed by atoms with van der Waals surface area (Å²) in [6, 6.07) is 6.70. The predicted octanol–water partition coefficient (Wildman–Crippen LogP) is 2.58. The van der Waals surface area contributed by atoms with Crippen molar-refractivity contribution in [3.05, 3.63) is 30.0 Å². The van der Waals surface area contributed by atoms with E-state index in [-0.39, 0.29) is 6.67 Å². The average Bonchev–Trinajstić information content (AvgIpc) is 2.75. The standard InChI is InChI=1S/C16H22FN3/c1-13-12-18(2)16-11-14(3-4-15(13)16)20-9-7-19(6-5-17)8-10-20/h3-4,11-12H,5-10H2,1-2H3. The number of piperazine rings is 1. The molecule has 0 atom stereocenters. The third-order valence-corrected chi connectivity index (χ3v) is 4.31. The zero-order valence-electron chi connectivity index (χ0n) is 12.3. The Morgan fingerprint density at radius 3 is 2.60 bits per heavy atom. The quantitative estimate of drug-likeness (QED) is 0.853. The van der Waals surface area contributed by atoms with E-state index >= 15 is 0 Å². The van der Waals surface area contributed by atoms with Crippen LogP contribution in [0.1, 0.15) is 5.56 Å². The Kier molecular flexibility index (Phi) is 3.66. The van der Waals surface area contributed by atoms with Gasteiger partial charge in [0.2, 0.25) is 0 Å². The first kappa shape index (κ1) is 13.4. The van der Waals surface area contributed by atoms with Gasteiger partial charge in [-0.1, -0.05) is 6.07 Å². The van der Waals surface area contributed by atoms with Gasteiger partial charge in [0.1, 0.15) is 6.67 Å². The van der Waals surface area contributed by atoms with Gasteiger partial charge >= 0.3 is 0 Å². The number of aromatic nitrogens is 1. The molecule has 0 N–H and O–H groups in total. The zero-order valence-corrected chi connectivity index (χ0v) is 12.3. The lowest BCUT2D eigenvalue weighted by molar-refractivity contribution is 0.235. The highest BCUT2D eigenvalue weighted by molar-refractivity contribution is 5.86. The molecule has 0 aliphatic carbocycles. The number of hydrogen-bond donors (Lipinski definition) is 0. The maximum atomic E-state index is 12.4. The van der Waals surface area contributed by atoms with E-state index in [1.165, 1.54) is 22.2 Å². The summed E-state index contributed by atoms with van der Waals surface area (Å²) < 4.78 is 14.5. The van der Waals surface area contributed by atoms with E-state index in [2.05, 4.69) is 52.7 Å². The van der Waals surface area contributed by atoms with Crippen LogP contribution in [0.2, 0.25) is 0 Å². The molecule has 108 valence electrons. The number of halogens is 1. The maximum absolute atomic E-state index is 12.4. The molecule has 1 aromatic heterocycles. The van der Waals surface area contributed by atoms with Gasteiger partial charge in [0, 0.05) is 57.0 Å². The van der Waals surface area contributed by atoms with E-state index in [1.807, 2.05) is 0 Å². The molecule has 1 aliphatic rings. The van der Waals surface area contributed by atoms with Gasteiger partial charge in [0.05, 0.1) is 5.52 Å². The van der Waals surface area contributed by atoms with Crippen molar-refractivity contribution in [3.63, 3.8) is 0 Å². The lowest BCUT2D eigenvalue weighted by Gasteiger charge is -2.35. The van der Waals surface area contributed by atoms with E-state index in [0.29, 0.717) is 6.54 Å². The number of rotatable bonds is 3. The number of nitrogens with zero attached hydrogens (tertiary/aromatic N) is 3. The van der Waals surface area contributed by atoms with Crippen molar-refractivity contribution in [1.82, 2.24) is 9.47 Å². The van der Waals surface area contributed by atoms with E-state index in [4.69, 9.17) is 0 Å². The van der Waals surface area contributed by atoms with Crippen molar-refractivity contribution in [2.75, 3.05) is 44.3 Å². The van der Waals surface area contributed by atoms with Crippen molar-refractivity contribution in [2.24, 2.45) is 7.05 Å². The van der Waals surface area contributed by atoms with Gasteiger partial charge in [-0.2, -0.15) is 0 Å². The van der Waals surface area contributed by atoms with Crippen LogP contribution in [-0.4, -0.2) is 48.9 Å². The fourth-order valence-corrected chi connectivity index (χ4v) is 3.12. The maximum Gasteiger partial charge on any atom is 0.102 e. The summed E-state index contributed by atoms with van der Waals surface area (Å²) in [6.45, 7) is 6.35. The van der Waals surface area contributed by atoms with Crippen molar-refractivity contribution in [3.8, 4) is 0 Å². The normalized spacial score (nSPS) is 17.1. The van der Waals surface area contributed by atoms with Crippen LogP contribution in [0, 0.1) is 6.92 Å². The lowest BCUT2D eigenvalue weighted by atomic mass is 10.1. The monoisotopic (exact) mass is 275 g/mol. The Labute approximate surface area is 119 Å². The lowest BCUT2D eigenvalue weighted by Crippen LogP contribution is -2.47. The van der Waals surface area contributed by atoms with E-state index in [9.17, 15) is 4.39 Å². The molecule has 0 spiro atoms. The smallest absolute Gasteiger partial charge is 0.102 e. The molecule has 20 heavy (non-hydrogen) atoms. The summed E-state index contributed by atoms with van der Waals surface area (Å²) in [5.41, 5.74) is 3.88. The Hall–Kier alpha value is -1.55. The molecule has 0 unspecified atom stereocenters.